The number of aromatic nitrogens is 1. The molecule has 3 aromatic rings. The molecule has 1 unspecified atom stereocenters. The number of rotatable bonds is 3. The summed E-state index contributed by atoms with van der Waals surface area (Å²) in [5.74, 6) is 0.529. The average molecular weight is 389 g/mol. The van der Waals surface area contributed by atoms with Crippen LogP contribution in [-0.2, 0) is 5.60 Å². The maximum atomic E-state index is 13.2. The van der Waals surface area contributed by atoms with Crippen molar-refractivity contribution in [1.82, 2.24) is 15.2 Å². The normalized spacial score (nSPS) is 23.0. The molecule has 29 heavy (non-hydrogen) atoms. The Morgan fingerprint density at radius 2 is 1.90 bits per heavy atom. The summed E-state index contributed by atoms with van der Waals surface area (Å²) in [6, 6.07) is 15.6. The van der Waals surface area contributed by atoms with Crippen molar-refractivity contribution in [3.63, 3.8) is 0 Å². The van der Waals surface area contributed by atoms with Gasteiger partial charge in [-0.1, -0.05) is 30.3 Å². The van der Waals surface area contributed by atoms with E-state index < -0.39 is 5.60 Å². The number of piperidine rings is 1. The predicted molar refractivity (Wildman–Crippen MR) is 114 cm³/mol. The Balaban J connectivity index is 1.40. The standard InChI is InChI=1S/C24H27N3O2/c28-23(27-13-10-24(29,16-27)19-4-2-1-3-5-19)18-6-7-22-20(14-18)21(15-26-22)17-8-11-25-12-9-17/h1-7,14-15,17,25-26,29H,8-13,16H2. The SMILES string of the molecule is O=C(c1ccc2[nH]cc(C3CCNCC3)c2c1)N1CCC(O)(c2ccccc2)C1. The van der Waals surface area contributed by atoms with Crippen molar-refractivity contribution in [3.8, 4) is 0 Å². The molecule has 0 radical (unpaired) electrons. The van der Waals surface area contributed by atoms with Gasteiger partial charge in [0.05, 0.1) is 6.54 Å². The van der Waals surface area contributed by atoms with Gasteiger partial charge in [0.1, 0.15) is 5.60 Å². The van der Waals surface area contributed by atoms with Crippen LogP contribution in [0.3, 0.4) is 0 Å². The first-order valence-corrected chi connectivity index (χ1v) is 10.5. The third kappa shape index (κ3) is 3.34. The molecule has 3 heterocycles. The molecular formula is C24H27N3O2. The van der Waals surface area contributed by atoms with Crippen LogP contribution in [0, 0.1) is 0 Å². The summed E-state index contributed by atoms with van der Waals surface area (Å²) in [6.45, 7) is 2.99. The Morgan fingerprint density at radius 3 is 2.69 bits per heavy atom. The summed E-state index contributed by atoms with van der Waals surface area (Å²) in [6.07, 6.45) is 4.93. The van der Waals surface area contributed by atoms with Crippen LogP contribution in [0.1, 0.15) is 46.7 Å². The topological polar surface area (TPSA) is 68.4 Å². The minimum atomic E-state index is -0.963. The van der Waals surface area contributed by atoms with Crippen LogP contribution in [0.15, 0.2) is 54.7 Å². The molecule has 5 rings (SSSR count). The van der Waals surface area contributed by atoms with Gasteiger partial charge >= 0.3 is 0 Å². The molecule has 1 amide bonds. The number of amides is 1. The molecule has 2 aromatic carbocycles. The van der Waals surface area contributed by atoms with E-state index in [1.807, 2.05) is 48.5 Å². The molecule has 5 heteroatoms. The highest BCUT2D eigenvalue weighted by Gasteiger charge is 2.39. The molecule has 0 aliphatic carbocycles. The zero-order valence-electron chi connectivity index (χ0n) is 16.5. The van der Waals surface area contributed by atoms with Gasteiger partial charge in [-0.25, -0.2) is 0 Å². The lowest BCUT2D eigenvalue weighted by Crippen LogP contribution is -2.34. The van der Waals surface area contributed by atoms with Crippen molar-refractivity contribution in [2.45, 2.75) is 30.8 Å². The number of nitrogens with zero attached hydrogens (tertiary/aromatic N) is 1. The van der Waals surface area contributed by atoms with Crippen molar-refractivity contribution >= 4 is 16.8 Å². The molecule has 0 saturated carbocycles. The second-order valence-electron chi connectivity index (χ2n) is 8.40. The van der Waals surface area contributed by atoms with Crippen LogP contribution in [0.2, 0.25) is 0 Å². The Hall–Kier alpha value is -2.63. The van der Waals surface area contributed by atoms with E-state index in [0.29, 0.717) is 31.0 Å². The van der Waals surface area contributed by atoms with Gasteiger partial charge in [0, 0.05) is 29.2 Å². The highest BCUT2D eigenvalue weighted by atomic mass is 16.3. The van der Waals surface area contributed by atoms with Crippen LogP contribution in [-0.4, -0.2) is 47.1 Å². The van der Waals surface area contributed by atoms with Gasteiger partial charge in [-0.15, -0.1) is 0 Å². The maximum Gasteiger partial charge on any atom is 0.253 e. The monoisotopic (exact) mass is 389 g/mol. The van der Waals surface area contributed by atoms with Gasteiger partial charge in [-0.05, 0) is 67.6 Å². The minimum absolute atomic E-state index is 0.00350. The zero-order chi connectivity index (χ0) is 19.8. The summed E-state index contributed by atoms with van der Waals surface area (Å²) in [5, 5.41) is 15.6. The summed E-state index contributed by atoms with van der Waals surface area (Å²) in [4.78, 5) is 18.4. The van der Waals surface area contributed by atoms with Crippen LogP contribution in [0.25, 0.3) is 10.9 Å². The van der Waals surface area contributed by atoms with Gasteiger partial charge in [-0.2, -0.15) is 0 Å². The number of hydrogen-bond acceptors (Lipinski definition) is 3. The largest absolute Gasteiger partial charge is 0.383 e. The first-order chi connectivity index (χ1) is 14.1. The number of aliphatic hydroxyl groups is 1. The van der Waals surface area contributed by atoms with Crippen molar-refractivity contribution in [1.29, 1.82) is 0 Å². The van der Waals surface area contributed by atoms with Crippen molar-refractivity contribution in [2.24, 2.45) is 0 Å². The first kappa shape index (κ1) is 18.4. The van der Waals surface area contributed by atoms with E-state index in [1.165, 1.54) is 5.56 Å². The molecule has 1 atom stereocenters. The fourth-order valence-electron chi connectivity index (χ4n) is 4.88. The molecular weight excluding hydrogens is 362 g/mol. The molecule has 2 saturated heterocycles. The number of H-pyrrole nitrogens is 1. The number of carbonyl (C=O) groups is 1. The lowest BCUT2D eigenvalue weighted by molar-refractivity contribution is 0.0417. The molecule has 0 bridgehead atoms. The van der Waals surface area contributed by atoms with Crippen molar-refractivity contribution in [3.05, 3.63) is 71.4 Å². The molecule has 2 aliphatic rings. The number of nitrogens with one attached hydrogen (secondary N) is 2. The molecule has 2 fully saturated rings. The van der Waals surface area contributed by atoms with Gasteiger partial charge in [0.2, 0.25) is 0 Å². The van der Waals surface area contributed by atoms with Crippen molar-refractivity contribution < 1.29 is 9.90 Å². The van der Waals surface area contributed by atoms with Crippen LogP contribution < -0.4 is 5.32 Å². The Morgan fingerprint density at radius 1 is 1.10 bits per heavy atom. The summed E-state index contributed by atoms with van der Waals surface area (Å²) >= 11 is 0. The number of carbonyl (C=O) groups excluding carboxylic acids is 1. The van der Waals surface area contributed by atoms with E-state index in [0.717, 1.165) is 42.4 Å². The van der Waals surface area contributed by atoms with E-state index in [2.05, 4.69) is 16.5 Å². The van der Waals surface area contributed by atoms with Crippen LogP contribution >= 0.6 is 0 Å². The molecule has 150 valence electrons. The average Bonchev–Trinajstić information content (AvgIpc) is 3.39. The lowest BCUT2D eigenvalue weighted by atomic mass is 9.89. The highest BCUT2D eigenvalue weighted by molar-refractivity contribution is 5.99. The summed E-state index contributed by atoms with van der Waals surface area (Å²) < 4.78 is 0. The van der Waals surface area contributed by atoms with E-state index in [9.17, 15) is 9.90 Å². The molecule has 2 aliphatic heterocycles. The molecule has 1 aromatic heterocycles. The number of aromatic amines is 1. The number of benzene rings is 2. The first-order valence-electron chi connectivity index (χ1n) is 10.5. The quantitative estimate of drug-likeness (QED) is 0.643. The maximum absolute atomic E-state index is 13.2. The summed E-state index contributed by atoms with van der Waals surface area (Å²) in [7, 11) is 0. The second-order valence-corrected chi connectivity index (χ2v) is 8.40. The second kappa shape index (κ2) is 7.32. The zero-order valence-corrected chi connectivity index (χ0v) is 16.5. The summed E-state index contributed by atoms with van der Waals surface area (Å²) in [5.41, 5.74) is 3.01. The van der Waals surface area contributed by atoms with Crippen LogP contribution in [0.5, 0.6) is 0 Å². The van der Waals surface area contributed by atoms with E-state index in [-0.39, 0.29) is 5.91 Å². The number of β-amino-alcohol motifs (C(OH)–C–C–N with tert-alkyl or cyclic N) is 1. The lowest BCUT2D eigenvalue weighted by Gasteiger charge is -2.24. The van der Waals surface area contributed by atoms with Crippen LogP contribution in [0.4, 0.5) is 0 Å². The van der Waals surface area contributed by atoms with Gasteiger partial charge in [-0.3, -0.25) is 4.79 Å². The highest BCUT2D eigenvalue weighted by Crippen LogP contribution is 2.34. The smallest absolute Gasteiger partial charge is 0.253 e. The van der Waals surface area contributed by atoms with E-state index in [1.54, 1.807) is 4.90 Å². The number of hydrogen-bond donors (Lipinski definition) is 3. The molecule has 3 N–H and O–H groups in total. The Bertz CT molecular complexity index is 1020. The van der Waals surface area contributed by atoms with Gasteiger partial charge in [0.15, 0.2) is 0 Å². The third-order valence-corrected chi connectivity index (χ3v) is 6.59. The Kier molecular flexibility index (Phi) is 4.64. The fourth-order valence-corrected chi connectivity index (χ4v) is 4.88. The molecule has 0 spiro atoms. The van der Waals surface area contributed by atoms with E-state index in [4.69, 9.17) is 0 Å². The minimum Gasteiger partial charge on any atom is -0.383 e. The van der Waals surface area contributed by atoms with Gasteiger partial charge in [0.25, 0.3) is 5.91 Å². The fraction of sp³-hybridized carbons (Fsp3) is 0.375. The number of fused-ring (bicyclic) bond motifs is 1. The van der Waals surface area contributed by atoms with Gasteiger partial charge < -0.3 is 20.3 Å². The van der Waals surface area contributed by atoms with E-state index >= 15 is 0 Å². The number of likely N-dealkylation sites (tertiary alicyclic amines) is 1. The molecule has 5 nitrogen and oxygen atoms in total. The Labute approximate surface area is 170 Å². The predicted octanol–water partition coefficient (Wildman–Crippen LogP) is 3.37. The third-order valence-electron chi connectivity index (χ3n) is 6.59. The van der Waals surface area contributed by atoms with Crippen molar-refractivity contribution in [2.75, 3.05) is 26.2 Å².